The highest BCUT2D eigenvalue weighted by Gasteiger charge is 2.47. The van der Waals surface area contributed by atoms with Crippen LogP contribution in [0.25, 0.3) is 0 Å². The molecule has 1 heterocycles. The molecule has 0 bridgehead atoms. The van der Waals surface area contributed by atoms with Gasteiger partial charge in [-0.05, 0) is 53.4 Å². The number of esters is 1. The van der Waals surface area contributed by atoms with Crippen molar-refractivity contribution < 1.29 is 14.7 Å². The summed E-state index contributed by atoms with van der Waals surface area (Å²) in [5, 5.41) is 11.7. The van der Waals surface area contributed by atoms with Crippen molar-refractivity contribution in [2.24, 2.45) is 11.3 Å². The topological polar surface area (TPSA) is 49.8 Å². The van der Waals surface area contributed by atoms with Crippen LogP contribution in [0, 0.1) is 11.3 Å². The second-order valence-electron chi connectivity index (χ2n) is 8.88. The lowest BCUT2D eigenvalue weighted by Gasteiger charge is -2.51. The number of hydrogen-bond acceptors (Lipinski definition) is 4. The molecule has 0 radical (unpaired) electrons. The van der Waals surface area contributed by atoms with Crippen molar-refractivity contribution in [2.45, 2.75) is 98.3 Å². The van der Waals surface area contributed by atoms with Gasteiger partial charge in [-0.1, -0.05) is 20.8 Å². The summed E-state index contributed by atoms with van der Waals surface area (Å²) in [5.41, 5.74) is -1.21. The normalized spacial score (nSPS) is 25.0. The van der Waals surface area contributed by atoms with Crippen molar-refractivity contribution in [3.8, 4) is 0 Å². The van der Waals surface area contributed by atoms with Crippen LogP contribution in [0.15, 0.2) is 0 Å². The first-order valence-corrected chi connectivity index (χ1v) is 8.54. The van der Waals surface area contributed by atoms with Crippen LogP contribution in [-0.4, -0.2) is 33.4 Å². The minimum atomic E-state index is -0.418. The van der Waals surface area contributed by atoms with Gasteiger partial charge >= 0.3 is 5.97 Å². The van der Waals surface area contributed by atoms with Crippen LogP contribution in [0.5, 0.6) is 0 Å². The molecule has 0 aliphatic carbocycles. The summed E-state index contributed by atoms with van der Waals surface area (Å²) in [5.74, 6) is 0.372. The van der Waals surface area contributed by atoms with Gasteiger partial charge < -0.3 is 9.94 Å². The Hall–Kier alpha value is -0.610. The molecule has 1 fully saturated rings. The van der Waals surface area contributed by atoms with E-state index in [1.807, 2.05) is 41.5 Å². The average molecular weight is 313 g/mol. The first-order chi connectivity index (χ1) is 9.84. The predicted octanol–water partition coefficient (Wildman–Crippen LogP) is 4.40. The monoisotopic (exact) mass is 313 g/mol. The number of carbonyl (C=O) groups is 1. The fraction of sp³-hybridized carbons (Fsp3) is 0.944. The second kappa shape index (κ2) is 6.48. The summed E-state index contributed by atoms with van der Waals surface area (Å²) in [7, 11) is 0. The molecular formula is C18H35NO3. The van der Waals surface area contributed by atoms with Crippen LogP contribution >= 0.6 is 0 Å². The maximum atomic E-state index is 12.7. The summed E-state index contributed by atoms with van der Waals surface area (Å²) >= 11 is 0. The van der Waals surface area contributed by atoms with Crippen LogP contribution in [0.1, 0.15) is 81.1 Å². The first kappa shape index (κ1) is 19.4. The summed E-state index contributed by atoms with van der Waals surface area (Å²) in [6.07, 6.45) is 2.79. The second-order valence-corrected chi connectivity index (χ2v) is 8.88. The van der Waals surface area contributed by atoms with E-state index in [0.29, 0.717) is 18.8 Å². The van der Waals surface area contributed by atoms with Gasteiger partial charge in [-0.15, -0.1) is 0 Å². The fourth-order valence-corrected chi connectivity index (χ4v) is 3.83. The van der Waals surface area contributed by atoms with Gasteiger partial charge in [0.1, 0.15) is 6.10 Å². The van der Waals surface area contributed by atoms with E-state index in [0.717, 1.165) is 12.8 Å². The number of hydroxylamine groups is 2. The maximum absolute atomic E-state index is 12.7. The van der Waals surface area contributed by atoms with E-state index in [2.05, 4.69) is 13.8 Å². The molecule has 1 saturated heterocycles. The zero-order chi connectivity index (χ0) is 17.3. The van der Waals surface area contributed by atoms with Gasteiger partial charge in [-0.3, -0.25) is 4.79 Å². The predicted molar refractivity (Wildman–Crippen MR) is 88.8 cm³/mol. The Morgan fingerprint density at radius 2 is 1.73 bits per heavy atom. The average Bonchev–Trinajstić information content (AvgIpc) is 2.34. The molecule has 22 heavy (non-hydrogen) atoms. The highest BCUT2D eigenvalue weighted by molar-refractivity contribution is 5.76. The summed E-state index contributed by atoms with van der Waals surface area (Å²) in [6, 6.07) is 0. The lowest BCUT2D eigenvalue weighted by atomic mass is 9.78. The molecule has 1 aliphatic rings. The van der Waals surface area contributed by atoms with E-state index in [-0.39, 0.29) is 12.1 Å². The number of ether oxygens (including phenoxy) is 1. The van der Waals surface area contributed by atoms with Gasteiger partial charge in [0.05, 0.1) is 5.41 Å². The van der Waals surface area contributed by atoms with Crippen LogP contribution in [0.3, 0.4) is 0 Å². The summed E-state index contributed by atoms with van der Waals surface area (Å²) < 4.78 is 5.89. The molecule has 0 aromatic rings. The Kier molecular flexibility index (Phi) is 5.73. The van der Waals surface area contributed by atoms with Gasteiger partial charge in [0.15, 0.2) is 0 Å². The van der Waals surface area contributed by atoms with Gasteiger partial charge in [-0.25, -0.2) is 0 Å². The Balaban J connectivity index is 2.84. The SMILES string of the molecule is CCC(C)(CC(C)C)C(=O)OC1CC(C)(C)N(O)C(C)(C)C1. The van der Waals surface area contributed by atoms with Gasteiger partial charge in [-0.2, -0.15) is 5.06 Å². The number of nitrogens with zero attached hydrogens (tertiary/aromatic N) is 1. The van der Waals surface area contributed by atoms with Crippen molar-refractivity contribution in [3.05, 3.63) is 0 Å². The summed E-state index contributed by atoms with van der Waals surface area (Å²) in [4.78, 5) is 12.7. The minimum absolute atomic E-state index is 0.0910. The zero-order valence-electron chi connectivity index (χ0n) is 15.7. The van der Waals surface area contributed by atoms with Crippen molar-refractivity contribution in [2.75, 3.05) is 0 Å². The Labute approximate surface area is 136 Å². The van der Waals surface area contributed by atoms with Gasteiger partial charge in [0.2, 0.25) is 0 Å². The van der Waals surface area contributed by atoms with E-state index in [9.17, 15) is 10.0 Å². The minimum Gasteiger partial charge on any atom is -0.462 e. The molecule has 130 valence electrons. The molecule has 0 aromatic carbocycles. The van der Waals surface area contributed by atoms with Crippen LogP contribution in [-0.2, 0) is 9.53 Å². The fourth-order valence-electron chi connectivity index (χ4n) is 3.83. The summed E-state index contributed by atoms with van der Waals surface area (Å²) in [6.45, 7) is 16.3. The highest BCUT2D eigenvalue weighted by Crippen LogP contribution is 2.39. The molecule has 1 atom stereocenters. The third kappa shape index (κ3) is 4.23. The lowest BCUT2D eigenvalue weighted by Crippen LogP contribution is -2.61. The van der Waals surface area contributed by atoms with Crippen LogP contribution in [0.4, 0.5) is 0 Å². The van der Waals surface area contributed by atoms with Gasteiger partial charge in [0, 0.05) is 23.9 Å². The number of hydrogen-bond donors (Lipinski definition) is 1. The molecule has 1 unspecified atom stereocenters. The largest absolute Gasteiger partial charge is 0.462 e. The van der Waals surface area contributed by atoms with E-state index >= 15 is 0 Å². The van der Waals surface area contributed by atoms with Crippen molar-refractivity contribution in [1.29, 1.82) is 0 Å². The molecule has 1 N–H and O–H groups in total. The molecule has 4 heteroatoms. The standard InChI is InChI=1S/C18H35NO3/c1-9-18(8,10-13(2)3)15(20)22-14-11-16(4,5)19(21)17(6,7)12-14/h13-14,21H,9-12H2,1-8H3. The number of piperidine rings is 1. The lowest BCUT2D eigenvalue weighted by molar-refractivity contribution is -0.260. The number of carbonyl (C=O) groups excluding carboxylic acids is 1. The Bertz CT molecular complexity index is 385. The third-order valence-corrected chi connectivity index (χ3v) is 5.01. The smallest absolute Gasteiger partial charge is 0.312 e. The molecular weight excluding hydrogens is 278 g/mol. The van der Waals surface area contributed by atoms with E-state index in [1.54, 1.807) is 0 Å². The molecule has 0 aromatic heterocycles. The molecule has 0 spiro atoms. The number of rotatable bonds is 5. The molecule has 1 aliphatic heterocycles. The first-order valence-electron chi connectivity index (χ1n) is 8.54. The van der Waals surface area contributed by atoms with Crippen LogP contribution in [0.2, 0.25) is 0 Å². The van der Waals surface area contributed by atoms with Crippen molar-refractivity contribution in [3.63, 3.8) is 0 Å². The molecule has 0 amide bonds. The zero-order valence-corrected chi connectivity index (χ0v) is 15.7. The van der Waals surface area contributed by atoms with E-state index in [4.69, 9.17) is 4.74 Å². The van der Waals surface area contributed by atoms with Gasteiger partial charge in [0.25, 0.3) is 0 Å². The van der Waals surface area contributed by atoms with Crippen molar-refractivity contribution >= 4 is 5.97 Å². The quantitative estimate of drug-likeness (QED) is 0.764. The van der Waals surface area contributed by atoms with E-state index in [1.165, 1.54) is 5.06 Å². The van der Waals surface area contributed by atoms with Crippen LogP contribution < -0.4 is 0 Å². The highest BCUT2D eigenvalue weighted by atomic mass is 16.5. The molecule has 1 rings (SSSR count). The Morgan fingerprint density at radius 3 is 2.09 bits per heavy atom. The maximum Gasteiger partial charge on any atom is 0.312 e. The molecule has 0 saturated carbocycles. The van der Waals surface area contributed by atoms with Crippen molar-refractivity contribution in [1.82, 2.24) is 5.06 Å². The third-order valence-electron chi connectivity index (χ3n) is 5.01. The molecule has 4 nitrogen and oxygen atoms in total. The van der Waals surface area contributed by atoms with E-state index < -0.39 is 16.5 Å². The Morgan fingerprint density at radius 1 is 1.27 bits per heavy atom.